The van der Waals surface area contributed by atoms with Crippen molar-refractivity contribution in [2.75, 3.05) is 32.7 Å². The highest BCUT2D eigenvalue weighted by Crippen LogP contribution is 2.04. The maximum absolute atomic E-state index is 2.50. The Morgan fingerprint density at radius 3 is 2.67 bits per heavy atom. The molecule has 0 radical (unpaired) electrons. The molecule has 2 rings (SSSR count). The number of rotatable bonds is 2. The Labute approximate surface area is 75.3 Å². The first-order valence-electron chi connectivity index (χ1n) is 5.60. The molecule has 2 fully saturated rings. The number of quaternary nitrogens is 2. The molecule has 0 unspecified atom stereocenters. The molecule has 1 atom stereocenters. The molecule has 2 nitrogen and oxygen atoms in total. The highest BCUT2D eigenvalue weighted by atomic mass is 15.1. The second kappa shape index (κ2) is 4.24. The van der Waals surface area contributed by atoms with Crippen LogP contribution in [0.1, 0.15) is 25.7 Å². The first kappa shape index (κ1) is 8.52. The van der Waals surface area contributed by atoms with Gasteiger partial charge in [-0.05, 0) is 12.8 Å². The number of hydrogen-bond acceptors (Lipinski definition) is 0. The van der Waals surface area contributed by atoms with Gasteiger partial charge in [-0.3, -0.25) is 0 Å². The minimum atomic E-state index is 1.03. The van der Waals surface area contributed by atoms with Gasteiger partial charge in [-0.25, -0.2) is 0 Å². The molecule has 12 heavy (non-hydrogen) atoms. The standard InChI is InChI=1S/C10H20N2/c1-2-7-12(6-1)9-10-4-3-5-11-8-10/h10-11H,1-9H2/p+2/t10-/m0/s1. The molecule has 70 valence electrons. The van der Waals surface area contributed by atoms with Crippen LogP contribution in [0.3, 0.4) is 0 Å². The summed E-state index contributed by atoms with van der Waals surface area (Å²) < 4.78 is 0. The fraction of sp³-hybridized carbons (Fsp3) is 1.00. The van der Waals surface area contributed by atoms with E-state index in [1.807, 2.05) is 4.90 Å². The van der Waals surface area contributed by atoms with Crippen molar-refractivity contribution in [1.82, 2.24) is 0 Å². The molecule has 2 heterocycles. The number of likely N-dealkylation sites (tertiary alicyclic amines) is 1. The van der Waals surface area contributed by atoms with E-state index in [9.17, 15) is 0 Å². The third-order valence-corrected chi connectivity index (χ3v) is 3.41. The summed E-state index contributed by atoms with van der Waals surface area (Å²) in [5, 5.41) is 2.50. The van der Waals surface area contributed by atoms with Crippen LogP contribution in [0.4, 0.5) is 0 Å². The van der Waals surface area contributed by atoms with Crippen molar-refractivity contribution in [3.05, 3.63) is 0 Å². The average molecular weight is 170 g/mol. The zero-order valence-corrected chi connectivity index (χ0v) is 8.02. The van der Waals surface area contributed by atoms with Gasteiger partial charge in [0.2, 0.25) is 0 Å². The van der Waals surface area contributed by atoms with Gasteiger partial charge in [0.05, 0.1) is 38.6 Å². The van der Waals surface area contributed by atoms with E-state index in [0.29, 0.717) is 0 Å². The van der Waals surface area contributed by atoms with E-state index in [-0.39, 0.29) is 0 Å². The molecule has 0 bridgehead atoms. The van der Waals surface area contributed by atoms with Crippen molar-refractivity contribution in [1.29, 1.82) is 0 Å². The zero-order valence-electron chi connectivity index (χ0n) is 8.02. The summed E-state index contributed by atoms with van der Waals surface area (Å²) in [6.45, 7) is 7.17. The average Bonchev–Trinajstić information content (AvgIpc) is 2.59. The van der Waals surface area contributed by atoms with Gasteiger partial charge in [-0.2, -0.15) is 0 Å². The fourth-order valence-electron chi connectivity index (χ4n) is 2.70. The normalized spacial score (nSPS) is 32.5. The molecule has 2 aliphatic heterocycles. The number of nitrogens with one attached hydrogen (secondary N) is 1. The molecule has 0 spiro atoms. The first-order chi connectivity index (χ1) is 5.95. The summed E-state index contributed by atoms with van der Waals surface area (Å²) in [5.41, 5.74) is 0. The monoisotopic (exact) mass is 170 g/mol. The van der Waals surface area contributed by atoms with Crippen LogP contribution in [0.2, 0.25) is 0 Å². The quantitative estimate of drug-likeness (QED) is 0.511. The second-order valence-corrected chi connectivity index (χ2v) is 4.48. The maximum Gasteiger partial charge on any atom is 0.0854 e. The highest BCUT2D eigenvalue weighted by Gasteiger charge is 2.23. The van der Waals surface area contributed by atoms with Crippen molar-refractivity contribution in [2.45, 2.75) is 25.7 Å². The van der Waals surface area contributed by atoms with Crippen LogP contribution in [0, 0.1) is 5.92 Å². The fourth-order valence-corrected chi connectivity index (χ4v) is 2.70. The van der Waals surface area contributed by atoms with Crippen LogP contribution < -0.4 is 10.2 Å². The van der Waals surface area contributed by atoms with E-state index in [2.05, 4.69) is 5.32 Å². The van der Waals surface area contributed by atoms with Crippen molar-refractivity contribution < 1.29 is 10.2 Å². The van der Waals surface area contributed by atoms with E-state index < -0.39 is 0 Å². The van der Waals surface area contributed by atoms with Crippen LogP contribution in [0.15, 0.2) is 0 Å². The van der Waals surface area contributed by atoms with Gasteiger partial charge in [0.1, 0.15) is 0 Å². The van der Waals surface area contributed by atoms with E-state index in [1.54, 1.807) is 0 Å². The molecule has 2 aliphatic rings. The Bertz CT molecular complexity index is 124. The molecule has 0 aliphatic carbocycles. The van der Waals surface area contributed by atoms with Crippen LogP contribution in [0.5, 0.6) is 0 Å². The molecule has 2 heteroatoms. The zero-order chi connectivity index (χ0) is 8.23. The van der Waals surface area contributed by atoms with Crippen molar-refractivity contribution in [3.63, 3.8) is 0 Å². The molecule has 0 saturated carbocycles. The second-order valence-electron chi connectivity index (χ2n) is 4.48. The van der Waals surface area contributed by atoms with Gasteiger partial charge >= 0.3 is 0 Å². The van der Waals surface area contributed by atoms with E-state index >= 15 is 0 Å². The van der Waals surface area contributed by atoms with Gasteiger partial charge in [-0.15, -0.1) is 0 Å². The molecule has 2 saturated heterocycles. The smallest absolute Gasteiger partial charge is 0.0854 e. The van der Waals surface area contributed by atoms with Gasteiger partial charge in [0.25, 0.3) is 0 Å². The Morgan fingerprint density at radius 2 is 2.00 bits per heavy atom. The van der Waals surface area contributed by atoms with Gasteiger partial charge in [-0.1, -0.05) is 0 Å². The van der Waals surface area contributed by atoms with Crippen molar-refractivity contribution in [2.24, 2.45) is 5.92 Å². The summed E-state index contributed by atoms with van der Waals surface area (Å²) in [4.78, 5) is 1.88. The van der Waals surface area contributed by atoms with E-state index in [0.717, 1.165) is 5.92 Å². The maximum atomic E-state index is 2.50. The number of hydrogen-bond donors (Lipinski definition) is 2. The minimum absolute atomic E-state index is 1.03. The van der Waals surface area contributed by atoms with Crippen LogP contribution in [-0.4, -0.2) is 32.7 Å². The lowest BCUT2D eigenvalue weighted by molar-refractivity contribution is -0.893. The third-order valence-electron chi connectivity index (χ3n) is 3.41. The minimum Gasteiger partial charge on any atom is -0.346 e. The lowest BCUT2D eigenvalue weighted by atomic mass is 9.99. The topological polar surface area (TPSA) is 21.1 Å². The van der Waals surface area contributed by atoms with Gasteiger partial charge in [0, 0.05) is 12.8 Å². The Morgan fingerprint density at radius 1 is 1.17 bits per heavy atom. The summed E-state index contributed by atoms with van der Waals surface area (Å²) in [5.74, 6) is 1.03. The van der Waals surface area contributed by atoms with Crippen molar-refractivity contribution >= 4 is 0 Å². The van der Waals surface area contributed by atoms with Crippen LogP contribution in [-0.2, 0) is 0 Å². The third kappa shape index (κ3) is 2.20. The lowest BCUT2D eigenvalue weighted by Gasteiger charge is -2.22. The molecule has 3 N–H and O–H groups in total. The number of piperidine rings is 1. The Balaban J connectivity index is 1.69. The molecular formula is C10H22N2+2. The SMILES string of the molecule is C1C[NH2+]C[C@@H](C[NH+]2CCCC2)C1. The number of nitrogens with two attached hydrogens (primary N) is 1. The summed E-state index contributed by atoms with van der Waals surface area (Å²) in [7, 11) is 0. The predicted molar refractivity (Wildman–Crippen MR) is 49.2 cm³/mol. The predicted octanol–water partition coefficient (Wildman–Crippen LogP) is -1.36. The Hall–Kier alpha value is -0.0800. The first-order valence-corrected chi connectivity index (χ1v) is 5.60. The molecule has 0 aromatic heterocycles. The van der Waals surface area contributed by atoms with Crippen LogP contribution >= 0.6 is 0 Å². The van der Waals surface area contributed by atoms with E-state index in [1.165, 1.54) is 58.4 Å². The largest absolute Gasteiger partial charge is 0.346 e. The lowest BCUT2D eigenvalue weighted by Crippen LogP contribution is -3.11. The molecule has 0 amide bonds. The Kier molecular flexibility index (Phi) is 3.01. The summed E-state index contributed by atoms with van der Waals surface area (Å²) in [6.07, 6.45) is 5.91. The van der Waals surface area contributed by atoms with E-state index in [4.69, 9.17) is 0 Å². The summed E-state index contributed by atoms with van der Waals surface area (Å²) >= 11 is 0. The van der Waals surface area contributed by atoms with Gasteiger partial charge in [0.15, 0.2) is 0 Å². The van der Waals surface area contributed by atoms with Gasteiger partial charge < -0.3 is 10.2 Å². The highest BCUT2D eigenvalue weighted by molar-refractivity contribution is 4.59. The molecule has 0 aromatic carbocycles. The van der Waals surface area contributed by atoms with Crippen LogP contribution in [0.25, 0.3) is 0 Å². The van der Waals surface area contributed by atoms with Crippen molar-refractivity contribution in [3.8, 4) is 0 Å². The molecule has 0 aromatic rings. The molecular weight excluding hydrogens is 148 g/mol. The summed E-state index contributed by atoms with van der Waals surface area (Å²) in [6, 6.07) is 0.